The van der Waals surface area contributed by atoms with E-state index in [9.17, 15) is 8.42 Å². The van der Waals surface area contributed by atoms with Gasteiger partial charge >= 0.3 is 10.2 Å². The van der Waals surface area contributed by atoms with Crippen LogP contribution in [0.1, 0.15) is 12.8 Å². The lowest BCUT2D eigenvalue weighted by atomic mass is 9.79. The van der Waals surface area contributed by atoms with Crippen molar-refractivity contribution >= 4 is 21.9 Å². The van der Waals surface area contributed by atoms with Gasteiger partial charge in [0, 0.05) is 0 Å². The minimum absolute atomic E-state index is 0.0696. The fraction of sp³-hybridized carbons (Fsp3) is 0.333. The average molecular weight is 242 g/mol. The molecular weight excluding hydrogens is 228 g/mol. The van der Waals surface area contributed by atoms with Gasteiger partial charge in [0.05, 0.1) is 5.41 Å². The van der Waals surface area contributed by atoms with E-state index in [4.69, 9.17) is 11.5 Å². The van der Waals surface area contributed by atoms with Gasteiger partial charge in [0.15, 0.2) is 0 Å². The van der Waals surface area contributed by atoms with E-state index in [-0.39, 0.29) is 11.7 Å². The quantitative estimate of drug-likeness (QED) is 0.681. The molecule has 4 N–H and O–H groups in total. The fourth-order valence-electron chi connectivity index (χ4n) is 1.57. The monoisotopic (exact) mass is 242 g/mol. The summed E-state index contributed by atoms with van der Waals surface area (Å²) in [5.74, 6) is -0.139. The van der Waals surface area contributed by atoms with E-state index in [1.165, 1.54) is 0 Å². The van der Waals surface area contributed by atoms with Gasteiger partial charge in [0.2, 0.25) is 0 Å². The van der Waals surface area contributed by atoms with Crippen LogP contribution in [-0.2, 0) is 10.2 Å². The third-order valence-corrected chi connectivity index (χ3v) is 3.25. The van der Waals surface area contributed by atoms with Gasteiger partial charge in [0.25, 0.3) is 0 Å². The molecule has 0 aromatic heterocycles. The third-order valence-electron chi connectivity index (χ3n) is 2.39. The molecule has 7 heteroatoms. The standard InChI is InChI=1S/C9H14N4O2S/c1-3-5-9(6-4-2)7(10)12-16(14,15)13-8(9)11/h3-4H,1-2,5-6H2,(H2,10,12)(H2,11,13). The van der Waals surface area contributed by atoms with Gasteiger partial charge < -0.3 is 11.5 Å². The summed E-state index contributed by atoms with van der Waals surface area (Å²) in [5.41, 5.74) is 10.4. The maximum absolute atomic E-state index is 11.2. The highest BCUT2D eigenvalue weighted by Crippen LogP contribution is 2.32. The van der Waals surface area contributed by atoms with Crippen molar-refractivity contribution in [2.45, 2.75) is 12.8 Å². The minimum atomic E-state index is -3.93. The van der Waals surface area contributed by atoms with E-state index in [2.05, 4.69) is 22.0 Å². The van der Waals surface area contributed by atoms with E-state index in [0.717, 1.165) is 0 Å². The van der Waals surface area contributed by atoms with Crippen molar-refractivity contribution < 1.29 is 8.42 Å². The number of hydrogen-bond donors (Lipinski definition) is 2. The normalized spacial score (nSPS) is 21.8. The molecule has 1 aliphatic rings. The molecule has 0 radical (unpaired) electrons. The maximum atomic E-state index is 11.2. The highest BCUT2D eigenvalue weighted by Gasteiger charge is 2.41. The molecular formula is C9H14N4O2S. The number of nitrogens with two attached hydrogens (primary N) is 2. The zero-order chi connectivity index (χ0) is 12.4. The van der Waals surface area contributed by atoms with Crippen LogP contribution >= 0.6 is 0 Å². The van der Waals surface area contributed by atoms with Gasteiger partial charge in [-0.15, -0.1) is 22.0 Å². The Hall–Kier alpha value is -1.63. The van der Waals surface area contributed by atoms with E-state index >= 15 is 0 Å². The molecule has 6 nitrogen and oxygen atoms in total. The SMILES string of the molecule is C=CCC1(CC=C)C(N)=NS(=O)(=O)N=C1N. The number of hydrogen-bond acceptors (Lipinski definition) is 4. The molecule has 0 fully saturated rings. The first-order valence-electron chi connectivity index (χ1n) is 4.56. The predicted octanol–water partition coefficient (Wildman–Crippen LogP) is 0.0978. The maximum Gasteiger partial charge on any atom is 0.366 e. The molecule has 88 valence electrons. The van der Waals surface area contributed by atoms with Gasteiger partial charge in [-0.25, -0.2) is 0 Å². The fourth-order valence-corrected chi connectivity index (χ4v) is 2.46. The van der Waals surface area contributed by atoms with Crippen LogP contribution in [0.2, 0.25) is 0 Å². The van der Waals surface area contributed by atoms with Crippen molar-refractivity contribution in [3.8, 4) is 0 Å². The number of allylic oxidation sites excluding steroid dienone is 2. The van der Waals surface area contributed by atoms with Crippen LogP contribution in [0.15, 0.2) is 34.1 Å². The van der Waals surface area contributed by atoms with E-state index in [1.54, 1.807) is 12.2 Å². The van der Waals surface area contributed by atoms with Crippen LogP contribution in [0, 0.1) is 5.41 Å². The Morgan fingerprint density at radius 2 is 1.50 bits per heavy atom. The van der Waals surface area contributed by atoms with Gasteiger partial charge in [-0.05, 0) is 12.8 Å². The zero-order valence-corrected chi connectivity index (χ0v) is 9.57. The van der Waals surface area contributed by atoms with Crippen molar-refractivity contribution in [3.05, 3.63) is 25.3 Å². The molecule has 16 heavy (non-hydrogen) atoms. The van der Waals surface area contributed by atoms with Gasteiger partial charge in [0.1, 0.15) is 11.7 Å². The number of rotatable bonds is 4. The molecule has 0 aromatic rings. The lowest BCUT2D eigenvalue weighted by molar-refractivity contribution is 0.565. The van der Waals surface area contributed by atoms with E-state index in [1.807, 2.05) is 0 Å². The summed E-state index contributed by atoms with van der Waals surface area (Å²) in [6, 6.07) is 0. The molecule has 1 heterocycles. The van der Waals surface area contributed by atoms with Crippen LogP contribution in [0.5, 0.6) is 0 Å². The molecule has 0 atom stereocenters. The van der Waals surface area contributed by atoms with Gasteiger partial charge in [-0.1, -0.05) is 12.2 Å². The molecule has 0 bridgehead atoms. The second-order valence-corrected chi connectivity index (χ2v) is 4.73. The van der Waals surface area contributed by atoms with Crippen LogP contribution in [0.3, 0.4) is 0 Å². The smallest absolute Gasteiger partial charge is 0.366 e. The second-order valence-electron chi connectivity index (χ2n) is 3.47. The lowest BCUT2D eigenvalue weighted by Gasteiger charge is -2.32. The molecule has 0 unspecified atom stereocenters. The highest BCUT2D eigenvalue weighted by atomic mass is 32.2. The summed E-state index contributed by atoms with van der Waals surface area (Å²) in [4.78, 5) is 0. The molecule has 0 amide bonds. The number of nitrogens with zero attached hydrogens (tertiary/aromatic N) is 2. The summed E-state index contributed by atoms with van der Waals surface area (Å²) in [5, 5.41) is 0. The predicted molar refractivity (Wildman–Crippen MR) is 64.2 cm³/mol. The molecule has 1 aliphatic heterocycles. The Kier molecular flexibility index (Phi) is 3.18. The van der Waals surface area contributed by atoms with Crippen molar-refractivity contribution in [1.29, 1.82) is 0 Å². The van der Waals surface area contributed by atoms with Gasteiger partial charge in [-0.3, -0.25) is 0 Å². The zero-order valence-electron chi connectivity index (χ0n) is 8.76. The minimum Gasteiger partial charge on any atom is -0.386 e. The topological polar surface area (TPSA) is 111 Å². The first-order chi connectivity index (χ1) is 7.38. The van der Waals surface area contributed by atoms with Crippen LogP contribution < -0.4 is 11.5 Å². The summed E-state index contributed by atoms with van der Waals surface area (Å²) in [7, 11) is -3.93. The van der Waals surface area contributed by atoms with Crippen LogP contribution in [-0.4, -0.2) is 20.1 Å². The summed E-state index contributed by atoms with van der Waals surface area (Å²) in [6.07, 6.45) is 3.90. The Balaban J connectivity index is 3.35. The Bertz CT molecular complexity index is 438. The first-order valence-corrected chi connectivity index (χ1v) is 5.96. The Morgan fingerprint density at radius 1 is 1.12 bits per heavy atom. The van der Waals surface area contributed by atoms with Crippen molar-refractivity contribution in [2.24, 2.45) is 25.7 Å². The van der Waals surface area contributed by atoms with Crippen molar-refractivity contribution in [2.75, 3.05) is 0 Å². The van der Waals surface area contributed by atoms with E-state index in [0.29, 0.717) is 12.8 Å². The van der Waals surface area contributed by atoms with E-state index < -0.39 is 15.6 Å². The molecule has 1 rings (SSSR count). The van der Waals surface area contributed by atoms with Crippen molar-refractivity contribution in [3.63, 3.8) is 0 Å². The van der Waals surface area contributed by atoms with Crippen LogP contribution in [0.4, 0.5) is 0 Å². The third kappa shape index (κ3) is 1.99. The molecule has 0 aromatic carbocycles. The molecule has 0 saturated heterocycles. The summed E-state index contributed by atoms with van der Waals surface area (Å²) >= 11 is 0. The second kappa shape index (κ2) is 4.09. The van der Waals surface area contributed by atoms with Crippen molar-refractivity contribution in [1.82, 2.24) is 0 Å². The molecule has 0 aliphatic carbocycles. The van der Waals surface area contributed by atoms with Gasteiger partial charge in [-0.2, -0.15) is 8.42 Å². The number of amidine groups is 2. The lowest BCUT2D eigenvalue weighted by Crippen LogP contribution is -2.50. The highest BCUT2D eigenvalue weighted by molar-refractivity contribution is 7.89. The molecule has 0 saturated carbocycles. The first kappa shape index (κ1) is 12.4. The largest absolute Gasteiger partial charge is 0.386 e. The Labute approximate surface area is 94.6 Å². The average Bonchev–Trinajstić information content (AvgIpc) is 2.13. The summed E-state index contributed by atoms with van der Waals surface area (Å²) < 4.78 is 29.1. The molecule has 0 spiro atoms. The Morgan fingerprint density at radius 3 is 1.81 bits per heavy atom. The van der Waals surface area contributed by atoms with Crippen LogP contribution in [0.25, 0.3) is 0 Å². The summed E-state index contributed by atoms with van der Waals surface area (Å²) in [6.45, 7) is 7.16.